The van der Waals surface area contributed by atoms with Crippen LogP contribution in [0.5, 0.6) is 17.2 Å². The van der Waals surface area contributed by atoms with Crippen LogP contribution in [0.1, 0.15) is 11.1 Å². The monoisotopic (exact) mass is 421 g/mol. The van der Waals surface area contributed by atoms with Gasteiger partial charge >= 0.3 is 5.97 Å². The van der Waals surface area contributed by atoms with Crippen LogP contribution in [0.4, 0.5) is 0 Å². The molecular formula is C18H16BrNO6. The zero-order chi connectivity index (χ0) is 19.1. The first-order chi connectivity index (χ1) is 12.4. The van der Waals surface area contributed by atoms with E-state index in [4.69, 9.17) is 14.2 Å². The fraction of sp³-hybridized carbons (Fsp3) is 0.167. The van der Waals surface area contributed by atoms with Gasteiger partial charge in [0.25, 0.3) is 0 Å². The highest BCUT2D eigenvalue weighted by atomic mass is 79.9. The fourth-order valence-electron chi connectivity index (χ4n) is 2.03. The summed E-state index contributed by atoms with van der Waals surface area (Å²) in [6.45, 7) is 1.66. The molecule has 0 heterocycles. The summed E-state index contributed by atoms with van der Waals surface area (Å²) in [6, 6.07) is 10.1. The second kappa shape index (κ2) is 9.00. The van der Waals surface area contributed by atoms with Crippen LogP contribution in [-0.2, 0) is 4.79 Å². The van der Waals surface area contributed by atoms with E-state index in [1.807, 2.05) is 19.1 Å². The molecule has 26 heavy (non-hydrogen) atoms. The number of rotatable bonds is 7. The Morgan fingerprint density at radius 2 is 1.92 bits per heavy atom. The number of carbonyl (C=O) groups excluding carboxylic acids is 1. The minimum atomic E-state index is -0.607. The van der Waals surface area contributed by atoms with Gasteiger partial charge in [-0.2, -0.15) is 0 Å². The fourth-order valence-corrected chi connectivity index (χ4v) is 2.64. The highest BCUT2D eigenvalue weighted by molar-refractivity contribution is 9.10. The van der Waals surface area contributed by atoms with Crippen molar-refractivity contribution >= 4 is 28.0 Å². The number of nitro groups is 1. The standard InChI is InChI=1S/C18H16BrNO6/c1-12-3-5-15(14(19)9-12)25-11-18(21)26-16-6-4-13(7-8-20(22)23)10-17(16)24-2/h3-10H,11H2,1-2H3/b8-7+. The number of ether oxygens (including phenoxy) is 3. The maximum absolute atomic E-state index is 12.0. The molecule has 0 fully saturated rings. The van der Waals surface area contributed by atoms with Crippen molar-refractivity contribution in [3.63, 3.8) is 0 Å². The summed E-state index contributed by atoms with van der Waals surface area (Å²) in [5.74, 6) is 0.395. The van der Waals surface area contributed by atoms with Crippen LogP contribution >= 0.6 is 15.9 Å². The predicted molar refractivity (Wildman–Crippen MR) is 99.0 cm³/mol. The molecule has 0 saturated carbocycles. The molecule has 0 aliphatic rings. The molecule has 0 amide bonds. The molecule has 0 atom stereocenters. The second-order valence-electron chi connectivity index (χ2n) is 5.21. The zero-order valence-electron chi connectivity index (χ0n) is 14.1. The third-order valence-corrected chi connectivity index (χ3v) is 3.85. The van der Waals surface area contributed by atoms with Crippen molar-refractivity contribution in [1.29, 1.82) is 0 Å². The minimum Gasteiger partial charge on any atom is -0.493 e. The number of halogens is 1. The normalized spacial score (nSPS) is 10.6. The highest BCUT2D eigenvalue weighted by Crippen LogP contribution is 2.29. The minimum absolute atomic E-state index is 0.197. The topological polar surface area (TPSA) is 87.9 Å². The molecule has 2 aromatic rings. The molecule has 8 heteroatoms. The number of nitrogens with zero attached hydrogens (tertiary/aromatic N) is 1. The molecule has 0 spiro atoms. The zero-order valence-corrected chi connectivity index (χ0v) is 15.7. The Labute approximate surface area is 158 Å². The van der Waals surface area contributed by atoms with Crippen LogP contribution in [0.15, 0.2) is 47.1 Å². The summed E-state index contributed by atoms with van der Waals surface area (Å²) in [4.78, 5) is 21.8. The number of hydrogen-bond donors (Lipinski definition) is 0. The van der Waals surface area contributed by atoms with Gasteiger partial charge in [-0.15, -0.1) is 0 Å². The number of carbonyl (C=O) groups is 1. The SMILES string of the molecule is COc1cc(/C=C/[N+](=O)[O-])ccc1OC(=O)COc1ccc(C)cc1Br. The Bertz CT molecular complexity index is 850. The molecule has 2 aromatic carbocycles. The first kappa shape index (κ1) is 19.5. The Morgan fingerprint density at radius 1 is 1.19 bits per heavy atom. The molecule has 0 aliphatic carbocycles. The molecule has 0 aromatic heterocycles. The van der Waals surface area contributed by atoms with Crippen molar-refractivity contribution in [2.45, 2.75) is 6.92 Å². The lowest BCUT2D eigenvalue weighted by Crippen LogP contribution is -2.18. The molecule has 136 valence electrons. The number of aryl methyl sites for hydroxylation is 1. The second-order valence-corrected chi connectivity index (χ2v) is 6.06. The molecule has 0 unspecified atom stereocenters. The van der Waals surface area contributed by atoms with Crippen LogP contribution < -0.4 is 14.2 Å². The highest BCUT2D eigenvalue weighted by Gasteiger charge is 2.12. The summed E-state index contributed by atoms with van der Waals surface area (Å²) < 4.78 is 16.6. The largest absolute Gasteiger partial charge is 0.493 e. The molecule has 0 saturated heterocycles. The van der Waals surface area contributed by atoms with E-state index in [1.165, 1.54) is 25.3 Å². The molecule has 2 rings (SSSR count). The Morgan fingerprint density at radius 3 is 2.58 bits per heavy atom. The smallest absolute Gasteiger partial charge is 0.349 e. The van der Waals surface area contributed by atoms with Crippen molar-refractivity contribution < 1.29 is 23.9 Å². The summed E-state index contributed by atoms with van der Waals surface area (Å²) >= 11 is 3.37. The van der Waals surface area contributed by atoms with Crippen molar-refractivity contribution in [3.8, 4) is 17.2 Å². The summed E-state index contributed by atoms with van der Waals surface area (Å²) in [6.07, 6.45) is 2.12. The lowest BCUT2D eigenvalue weighted by atomic mass is 10.2. The Balaban J connectivity index is 2.02. The van der Waals surface area contributed by atoms with E-state index >= 15 is 0 Å². The van der Waals surface area contributed by atoms with Gasteiger partial charge in [-0.05, 0) is 58.2 Å². The van der Waals surface area contributed by atoms with Gasteiger partial charge in [0, 0.05) is 6.08 Å². The number of benzene rings is 2. The first-order valence-corrected chi connectivity index (χ1v) is 8.27. The lowest BCUT2D eigenvalue weighted by molar-refractivity contribution is -0.400. The third-order valence-electron chi connectivity index (χ3n) is 3.23. The Kier molecular flexibility index (Phi) is 6.74. The van der Waals surface area contributed by atoms with Crippen molar-refractivity contribution in [1.82, 2.24) is 0 Å². The van der Waals surface area contributed by atoms with Crippen LogP contribution in [0.25, 0.3) is 6.08 Å². The van der Waals surface area contributed by atoms with E-state index in [0.29, 0.717) is 11.3 Å². The summed E-state index contributed by atoms with van der Waals surface area (Å²) in [7, 11) is 1.41. The maximum atomic E-state index is 12.0. The van der Waals surface area contributed by atoms with Crippen molar-refractivity contribution in [2.24, 2.45) is 0 Å². The Hall–Kier alpha value is -2.87. The summed E-state index contributed by atoms with van der Waals surface area (Å²) in [5.41, 5.74) is 1.60. The van der Waals surface area contributed by atoms with Crippen LogP contribution in [0.3, 0.4) is 0 Å². The van der Waals surface area contributed by atoms with E-state index in [-0.39, 0.29) is 18.1 Å². The number of esters is 1. The maximum Gasteiger partial charge on any atom is 0.349 e. The average Bonchev–Trinajstić information content (AvgIpc) is 2.60. The molecule has 7 nitrogen and oxygen atoms in total. The van der Waals surface area contributed by atoms with E-state index in [9.17, 15) is 14.9 Å². The lowest BCUT2D eigenvalue weighted by Gasteiger charge is -2.11. The summed E-state index contributed by atoms with van der Waals surface area (Å²) in [5, 5.41) is 10.4. The van der Waals surface area contributed by atoms with E-state index in [1.54, 1.807) is 12.1 Å². The van der Waals surface area contributed by atoms with Crippen LogP contribution in [0, 0.1) is 17.0 Å². The van der Waals surface area contributed by atoms with Gasteiger partial charge < -0.3 is 14.2 Å². The van der Waals surface area contributed by atoms with Crippen LogP contribution in [0.2, 0.25) is 0 Å². The van der Waals surface area contributed by atoms with Crippen molar-refractivity contribution in [2.75, 3.05) is 13.7 Å². The van der Waals surface area contributed by atoms with Crippen molar-refractivity contribution in [3.05, 3.63) is 68.3 Å². The molecule has 0 bridgehead atoms. The quantitative estimate of drug-likeness (QED) is 0.290. The van der Waals surface area contributed by atoms with Gasteiger partial charge in [0.1, 0.15) is 5.75 Å². The van der Waals surface area contributed by atoms with Gasteiger partial charge in [-0.25, -0.2) is 4.79 Å². The molecule has 0 radical (unpaired) electrons. The van der Waals surface area contributed by atoms with E-state index in [2.05, 4.69) is 15.9 Å². The van der Waals surface area contributed by atoms with Gasteiger partial charge in [0.2, 0.25) is 6.20 Å². The van der Waals surface area contributed by atoms with Gasteiger partial charge in [-0.1, -0.05) is 12.1 Å². The predicted octanol–water partition coefficient (Wildman–Crippen LogP) is 4.00. The van der Waals surface area contributed by atoms with Gasteiger partial charge in [0.05, 0.1) is 16.5 Å². The number of hydrogen-bond acceptors (Lipinski definition) is 6. The van der Waals surface area contributed by atoms with Gasteiger partial charge in [0.15, 0.2) is 18.1 Å². The molecule has 0 aliphatic heterocycles. The molecular weight excluding hydrogens is 406 g/mol. The average molecular weight is 422 g/mol. The number of methoxy groups -OCH3 is 1. The molecule has 0 N–H and O–H groups in total. The third kappa shape index (κ3) is 5.59. The van der Waals surface area contributed by atoms with E-state index in [0.717, 1.165) is 16.2 Å². The van der Waals surface area contributed by atoms with E-state index < -0.39 is 10.9 Å². The van der Waals surface area contributed by atoms with Crippen LogP contribution in [-0.4, -0.2) is 24.6 Å². The first-order valence-electron chi connectivity index (χ1n) is 7.48. The van der Waals surface area contributed by atoms with Gasteiger partial charge in [-0.3, -0.25) is 10.1 Å².